The van der Waals surface area contributed by atoms with Crippen molar-refractivity contribution in [1.82, 2.24) is 0 Å². The second kappa shape index (κ2) is 8.62. The van der Waals surface area contributed by atoms with Crippen molar-refractivity contribution in [2.24, 2.45) is 0 Å². The number of aliphatic carboxylic acids is 1. The Balaban J connectivity index is 1.43. The van der Waals surface area contributed by atoms with Gasteiger partial charge in [0, 0.05) is 11.1 Å². The molecule has 0 aromatic heterocycles. The largest absolute Gasteiger partial charge is 0.489 e. The molecule has 0 radical (unpaired) electrons. The van der Waals surface area contributed by atoms with Gasteiger partial charge in [0.05, 0.1) is 6.42 Å². The molecule has 4 heteroatoms. The fourth-order valence-electron chi connectivity index (χ4n) is 3.36. The molecule has 1 N–H and O–H groups in total. The summed E-state index contributed by atoms with van der Waals surface area (Å²) in [6, 6.07) is 28.1. The van der Waals surface area contributed by atoms with E-state index in [-0.39, 0.29) is 12.2 Å². The van der Waals surface area contributed by atoms with Crippen LogP contribution in [0.4, 0.5) is 0 Å². The van der Waals surface area contributed by atoms with Gasteiger partial charge in [-0.1, -0.05) is 54.6 Å². The molecule has 0 aliphatic rings. The average Bonchev–Trinajstić information content (AvgIpc) is 2.77. The van der Waals surface area contributed by atoms with Gasteiger partial charge in [0.2, 0.25) is 0 Å². The first-order chi connectivity index (χ1) is 14.6. The SMILES string of the molecule is O=C(O)Cc1cccc(C(=O)c2ccc(OCc3ccc4ccccc4c3)cc2)c1. The van der Waals surface area contributed by atoms with E-state index in [9.17, 15) is 9.59 Å². The maximum absolute atomic E-state index is 12.7. The third kappa shape index (κ3) is 4.55. The van der Waals surface area contributed by atoms with Crippen LogP contribution in [0.5, 0.6) is 5.75 Å². The number of carbonyl (C=O) groups excluding carboxylic acids is 1. The number of fused-ring (bicyclic) bond motifs is 1. The Hall–Kier alpha value is -3.92. The summed E-state index contributed by atoms with van der Waals surface area (Å²) in [4.78, 5) is 23.6. The molecule has 0 spiro atoms. The van der Waals surface area contributed by atoms with Crippen molar-refractivity contribution in [2.75, 3.05) is 0 Å². The molecule has 0 amide bonds. The van der Waals surface area contributed by atoms with Crippen molar-refractivity contribution in [3.05, 3.63) is 113 Å². The van der Waals surface area contributed by atoms with E-state index >= 15 is 0 Å². The van der Waals surface area contributed by atoms with Crippen LogP contribution < -0.4 is 4.74 Å². The number of hydrogen-bond acceptors (Lipinski definition) is 3. The molecule has 4 rings (SSSR count). The Bertz CT molecular complexity index is 1210. The van der Waals surface area contributed by atoms with Gasteiger partial charge in [0.25, 0.3) is 0 Å². The maximum atomic E-state index is 12.7. The fourth-order valence-corrected chi connectivity index (χ4v) is 3.36. The van der Waals surface area contributed by atoms with Crippen molar-refractivity contribution in [3.8, 4) is 5.75 Å². The number of benzene rings is 4. The number of carboxylic acids is 1. The molecule has 0 saturated carbocycles. The summed E-state index contributed by atoms with van der Waals surface area (Å²) in [7, 11) is 0. The molecule has 4 aromatic rings. The Morgan fingerprint density at radius 2 is 1.47 bits per heavy atom. The smallest absolute Gasteiger partial charge is 0.307 e. The van der Waals surface area contributed by atoms with Gasteiger partial charge < -0.3 is 9.84 Å². The van der Waals surface area contributed by atoms with Gasteiger partial charge in [-0.3, -0.25) is 9.59 Å². The molecule has 0 aliphatic carbocycles. The van der Waals surface area contributed by atoms with Gasteiger partial charge in [0.1, 0.15) is 12.4 Å². The Morgan fingerprint density at radius 1 is 0.700 bits per heavy atom. The van der Waals surface area contributed by atoms with Crippen molar-refractivity contribution in [2.45, 2.75) is 13.0 Å². The highest BCUT2D eigenvalue weighted by Gasteiger charge is 2.11. The summed E-state index contributed by atoms with van der Waals surface area (Å²) in [6.07, 6.45) is -0.108. The van der Waals surface area contributed by atoms with Gasteiger partial charge in [0.15, 0.2) is 5.78 Å². The van der Waals surface area contributed by atoms with E-state index in [2.05, 4.69) is 24.3 Å². The fraction of sp³-hybridized carbons (Fsp3) is 0.0769. The number of carboxylic acid groups (broad SMARTS) is 1. The monoisotopic (exact) mass is 396 g/mol. The topological polar surface area (TPSA) is 63.6 Å². The molecule has 4 nitrogen and oxygen atoms in total. The number of rotatable bonds is 7. The van der Waals surface area contributed by atoms with Crippen molar-refractivity contribution in [1.29, 1.82) is 0 Å². The predicted octanol–water partition coefficient (Wildman–Crippen LogP) is 5.28. The first kappa shape index (κ1) is 19.4. The number of ether oxygens (including phenoxy) is 1. The number of carbonyl (C=O) groups is 2. The molecule has 0 aliphatic heterocycles. The highest BCUT2D eigenvalue weighted by Crippen LogP contribution is 2.20. The number of ketones is 1. The standard InChI is InChI=1S/C26H20O4/c27-25(28)16-18-4-3-7-23(14-18)26(29)21-10-12-24(13-11-21)30-17-19-8-9-20-5-1-2-6-22(20)15-19/h1-15H,16-17H2,(H,27,28). The highest BCUT2D eigenvalue weighted by molar-refractivity contribution is 6.09. The van der Waals surface area contributed by atoms with Gasteiger partial charge in [-0.05, 0) is 58.3 Å². The Kier molecular flexibility index (Phi) is 5.57. The van der Waals surface area contributed by atoms with Crippen LogP contribution in [0.1, 0.15) is 27.0 Å². The summed E-state index contributed by atoms with van der Waals surface area (Å²) >= 11 is 0. The van der Waals surface area contributed by atoms with Gasteiger partial charge in [-0.25, -0.2) is 0 Å². The maximum Gasteiger partial charge on any atom is 0.307 e. The molecule has 30 heavy (non-hydrogen) atoms. The van der Waals surface area contributed by atoms with Crippen LogP contribution in [0.25, 0.3) is 10.8 Å². The summed E-state index contributed by atoms with van der Waals surface area (Å²) in [5.41, 5.74) is 2.67. The zero-order valence-electron chi connectivity index (χ0n) is 16.2. The van der Waals surface area contributed by atoms with E-state index in [1.165, 1.54) is 10.8 Å². The van der Waals surface area contributed by atoms with Crippen molar-refractivity contribution in [3.63, 3.8) is 0 Å². The Labute approximate surface area is 174 Å². The molecule has 0 saturated heterocycles. The zero-order valence-corrected chi connectivity index (χ0v) is 16.2. The highest BCUT2D eigenvalue weighted by atomic mass is 16.5. The van der Waals surface area contributed by atoms with Gasteiger partial charge >= 0.3 is 5.97 Å². The summed E-state index contributed by atoms with van der Waals surface area (Å²) in [5, 5.41) is 11.3. The molecule has 4 aromatic carbocycles. The molecule has 0 atom stereocenters. The zero-order chi connectivity index (χ0) is 20.9. The summed E-state index contributed by atoms with van der Waals surface area (Å²) < 4.78 is 5.87. The lowest BCUT2D eigenvalue weighted by Gasteiger charge is -2.09. The third-order valence-corrected chi connectivity index (χ3v) is 4.88. The van der Waals surface area contributed by atoms with Gasteiger partial charge in [-0.15, -0.1) is 0 Å². The lowest BCUT2D eigenvalue weighted by Crippen LogP contribution is -2.05. The molecular formula is C26H20O4. The van der Waals surface area contributed by atoms with Crippen molar-refractivity contribution < 1.29 is 19.4 Å². The van der Waals surface area contributed by atoms with Crippen LogP contribution in [0, 0.1) is 0 Å². The first-order valence-electron chi connectivity index (χ1n) is 9.64. The van der Waals surface area contributed by atoms with E-state index in [0.717, 1.165) is 5.56 Å². The van der Waals surface area contributed by atoms with Crippen molar-refractivity contribution >= 4 is 22.5 Å². The molecule has 0 bridgehead atoms. The normalized spacial score (nSPS) is 10.7. The summed E-state index contributed by atoms with van der Waals surface area (Å²) in [5.74, 6) is -0.393. The van der Waals surface area contributed by atoms with E-state index in [4.69, 9.17) is 9.84 Å². The van der Waals surface area contributed by atoms with E-state index in [1.54, 1.807) is 48.5 Å². The van der Waals surface area contributed by atoms with Crippen LogP contribution in [0.3, 0.4) is 0 Å². The molecule has 0 fully saturated rings. The third-order valence-electron chi connectivity index (χ3n) is 4.88. The van der Waals surface area contributed by atoms with E-state index in [1.807, 2.05) is 18.2 Å². The summed E-state index contributed by atoms with van der Waals surface area (Å²) in [6.45, 7) is 0.440. The van der Waals surface area contributed by atoms with Crippen LogP contribution in [-0.4, -0.2) is 16.9 Å². The first-order valence-corrected chi connectivity index (χ1v) is 9.64. The van der Waals surface area contributed by atoms with E-state index < -0.39 is 5.97 Å². The molecule has 0 heterocycles. The predicted molar refractivity (Wildman–Crippen MR) is 116 cm³/mol. The average molecular weight is 396 g/mol. The lowest BCUT2D eigenvalue weighted by atomic mass is 10.0. The quantitative estimate of drug-likeness (QED) is 0.432. The van der Waals surface area contributed by atoms with Gasteiger partial charge in [-0.2, -0.15) is 0 Å². The second-order valence-corrected chi connectivity index (χ2v) is 7.09. The second-order valence-electron chi connectivity index (χ2n) is 7.09. The molecule has 148 valence electrons. The lowest BCUT2D eigenvalue weighted by molar-refractivity contribution is -0.136. The Morgan fingerprint density at radius 3 is 2.23 bits per heavy atom. The van der Waals surface area contributed by atoms with Crippen LogP contribution in [0.2, 0.25) is 0 Å². The number of hydrogen-bond donors (Lipinski definition) is 1. The molecule has 0 unspecified atom stereocenters. The minimum absolute atomic E-state index is 0.108. The van der Waals surface area contributed by atoms with Crippen LogP contribution in [0.15, 0.2) is 91.0 Å². The molecular weight excluding hydrogens is 376 g/mol. The minimum atomic E-state index is -0.924. The van der Waals surface area contributed by atoms with E-state index in [0.29, 0.717) is 29.0 Å². The van der Waals surface area contributed by atoms with Crippen LogP contribution in [-0.2, 0) is 17.8 Å². The van der Waals surface area contributed by atoms with Crippen LogP contribution >= 0.6 is 0 Å². The minimum Gasteiger partial charge on any atom is -0.489 e.